The Labute approximate surface area is 102 Å². The summed E-state index contributed by atoms with van der Waals surface area (Å²) in [5.41, 5.74) is -0.403. The van der Waals surface area contributed by atoms with E-state index < -0.39 is 5.60 Å². The van der Waals surface area contributed by atoms with Crippen LogP contribution in [0.1, 0.15) is 18.9 Å². The average Bonchev–Trinajstić information content (AvgIpc) is 2.30. The molecule has 1 amide bonds. The minimum atomic E-state index is -1.14. The summed E-state index contributed by atoms with van der Waals surface area (Å²) >= 11 is 0. The van der Waals surface area contributed by atoms with Crippen LogP contribution in [0.4, 0.5) is 0 Å². The number of hydrogen-bond donors (Lipinski definition) is 2. The second-order valence-electron chi connectivity index (χ2n) is 4.16. The van der Waals surface area contributed by atoms with Gasteiger partial charge in [-0.1, -0.05) is 30.3 Å². The van der Waals surface area contributed by atoms with Gasteiger partial charge in [0, 0.05) is 13.7 Å². The smallest absolute Gasteiger partial charge is 0.223 e. The van der Waals surface area contributed by atoms with E-state index in [-0.39, 0.29) is 12.3 Å². The molecule has 0 fully saturated rings. The maximum Gasteiger partial charge on any atom is 0.223 e. The lowest BCUT2D eigenvalue weighted by Crippen LogP contribution is -2.34. The monoisotopic (exact) mass is 237 g/mol. The zero-order valence-electron chi connectivity index (χ0n) is 10.3. The number of aliphatic hydroxyl groups is 1. The van der Waals surface area contributed by atoms with E-state index in [2.05, 4.69) is 5.32 Å². The Morgan fingerprint density at radius 1 is 1.41 bits per heavy atom. The molecule has 0 saturated carbocycles. The predicted octanol–water partition coefficient (Wildman–Crippen LogP) is 1.05. The zero-order valence-corrected chi connectivity index (χ0v) is 10.3. The second-order valence-corrected chi connectivity index (χ2v) is 4.16. The number of hydrogen-bond acceptors (Lipinski definition) is 3. The van der Waals surface area contributed by atoms with Crippen molar-refractivity contribution in [2.45, 2.75) is 18.9 Å². The summed E-state index contributed by atoms with van der Waals surface area (Å²) in [4.78, 5) is 11.6. The fourth-order valence-corrected chi connectivity index (χ4v) is 1.57. The normalized spacial score (nSPS) is 14.1. The van der Waals surface area contributed by atoms with Crippen LogP contribution < -0.4 is 5.32 Å². The van der Waals surface area contributed by atoms with Gasteiger partial charge in [-0.2, -0.15) is 0 Å². The Hall–Kier alpha value is -1.39. The van der Waals surface area contributed by atoms with Gasteiger partial charge in [0.1, 0.15) is 0 Å². The molecular weight excluding hydrogens is 218 g/mol. The van der Waals surface area contributed by atoms with Crippen molar-refractivity contribution in [2.24, 2.45) is 0 Å². The van der Waals surface area contributed by atoms with E-state index in [0.29, 0.717) is 13.2 Å². The Kier molecular flexibility index (Phi) is 5.12. The second kappa shape index (κ2) is 6.37. The Morgan fingerprint density at radius 3 is 2.65 bits per heavy atom. The molecule has 94 valence electrons. The molecule has 1 aromatic rings. The van der Waals surface area contributed by atoms with Gasteiger partial charge in [0.15, 0.2) is 0 Å². The molecule has 1 aromatic carbocycles. The van der Waals surface area contributed by atoms with E-state index in [1.54, 1.807) is 14.0 Å². The lowest BCUT2D eigenvalue weighted by Gasteiger charge is -2.23. The molecule has 0 aliphatic rings. The van der Waals surface area contributed by atoms with Gasteiger partial charge in [-0.25, -0.2) is 0 Å². The fraction of sp³-hybridized carbons (Fsp3) is 0.462. The molecule has 0 radical (unpaired) electrons. The van der Waals surface area contributed by atoms with Gasteiger partial charge in [0.25, 0.3) is 0 Å². The Balaban J connectivity index is 2.52. The first kappa shape index (κ1) is 13.7. The van der Waals surface area contributed by atoms with E-state index in [1.807, 2.05) is 30.3 Å². The third-order valence-corrected chi connectivity index (χ3v) is 2.53. The highest BCUT2D eigenvalue weighted by atomic mass is 16.5. The van der Waals surface area contributed by atoms with Gasteiger partial charge < -0.3 is 15.2 Å². The largest absolute Gasteiger partial charge is 0.385 e. The maximum absolute atomic E-state index is 11.6. The SMILES string of the molecule is COCCNC(=O)CC(C)(O)c1ccccc1. The molecule has 4 nitrogen and oxygen atoms in total. The number of methoxy groups -OCH3 is 1. The van der Waals surface area contributed by atoms with Crippen LogP contribution >= 0.6 is 0 Å². The number of amides is 1. The van der Waals surface area contributed by atoms with Crippen molar-refractivity contribution < 1.29 is 14.6 Å². The van der Waals surface area contributed by atoms with Crippen molar-refractivity contribution >= 4 is 5.91 Å². The van der Waals surface area contributed by atoms with Gasteiger partial charge in [-0.05, 0) is 12.5 Å². The highest BCUT2D eigenvalue weighted by molar-refractivity contribution is 5.77. The molecule has 2 N–H and O–H groups in total. The first-order valence-corrected chi connectivity index (χ1v) is 5.60. The predicted molar refractivity (Wildman–Crippen MR) is 65.5 cm³/mol. The van der Waals surface area contributed by atoms with Gasteiger partial charge in [-0.3, -0.25) is 4.79 Å². The van der Waals surface area contributed by atoms with Crippen LogP contribution in [0.3, 0.4) is 0 Å². The third kappa shape index (κ3) is 4.54. The van der Waals surface area contributed by atoms with Crippen LogP contribution in [0, 0.1) is 0 Å². The molecule has 1 rings (SSSR count). The van der Waals surface area contributed by atoms with E-state index in [4.69, 9.17) is 4.74 Å². The summed E-state index contributed by atoms with van der Waals surface area (Å²) in [6.07, 6.45) is 0.0424. The van der Waals surface area contributed by atoms with E-state index in [0.717, 1.165) is 5.56 Å². The van der Waals surface area contributed by atoms with Crippen LogP contribution in [-0.4, -0.2) is 31.3 Å². The van der Waals surface area contributed by atoms with Gasteiger partial charge in [-0.15, -0.1) is 0 Å². The molecular formula is C13H19NO3. The minimum Gasteiger partial charge on any atom is -0.385 e. The van der Waals surface area contributed by atoms with Crippen molar-refractivity contribution in [3.8, 4) is 0 Å². The first-order chi connectivity index (χ1) is 8.06. The number of rotatable bonds is 6. The highest BCUT2D eigenvalue weighted by Gasteiger charge is 2.26. The van der Waals surface area contributed by atoms with Gasteiger partial charge in [0.05, 0.1) is 18.6 Å². The standard InChI is InChI=1S/C13H19NO3/c1-13(16,11-6-4-3-5-7-11)10-12(15)14-8-9-17-2/h3-7,16H,8-10H2,1-2H3,(H,14,15). The highest BCUT2D eigenvalue weighted by Crippen LogP contribution is 2.23. The lowest BCUT2D eigenvalue weighted by atomic mass is 9.92. The number of benzene rings is 1. The summed E-state index contributed by atoms with van der Waals surface area (Å²) in [6, 6.07) is 9.17. The van der Waals surface area contributed by atoms with E-state index >= 15 is 0 Å². The molecule has 0 spiro atoms. The molecule has 0 saturated heterocycles. The third-order valence-electron chi connectivity index (χ3n) is 2.53. The number of carbonyl (C=O) groups is 1. The molecule has 1 unspecified atom stereocenters. The molecule has 0 aliphatic carbocycles. The lowest BCUT2D eigenvalue weighted by molar-refractivity contribution is -0.126. The Morgan fingerprint density at radius 2 is 2.06 bits per heavy atom. The van der Waals surface area contributed by atoms with Crippen molar-refractivity contribution in [3.05, 3.63) is 35.9 Å². The van der Waals surface area contributed by atoms with Crippen LogP contribution in [0.15, 0.2) is 30.3 Å². The molecule has 1 atom stereocenters. The summed E-state index contributed by atoms with van der Waals surface area (Å²) < 4.78 is 4.83. The quantitative estimate of drug-likeness (QED) is 0.727. The summed E-state index contributed by atoms with van der Waals surface area (Å²) in [6.45, 7) is 2.57. The zero-order chi connectivity index (χ0) is 12.7. The molecule has 17 heavy (non-hydrogen) atoms. The van der Waals surface area contributed by atoms with Crippen molar-refractivity contribution in [1.29, 1.82) is 0 Å². The average molecular weight is 237 g/mol. The van der Waals surface area contributed by atoms with E-state index in [9.17, 15) is 9.90 Å². The molecule has 4 heteroatoms. The van der Waals surface area contributed by atoms with Crippen LogP contribution in [0.2, 0.25) is 0 Å². The van der Waals surface area contributed by atoms with Crippen LogP contribution in [0.5, 0.6) is 0 Å². The molecule has 0 heterocycles. The minimum absolute atomic E-state index is 0.0424. The Bertz CT molecular complexity index is 349. The van der Waals surface area contributed by atoms with Crippen LogP contribution in [0.25, 0.3) is 0 Å². The summed E-state index contributed by atoms with van der Waals surface area (Å²) in [5.74, 6) is -0.184. The first-order valence-electron chi connectivity index (χ1n) is 5.60. The fourth-order valence-electron chi connectivity index (χ4n) is 1.57. The van der Waals surface area contributed by atoms with Crippen molar-refractivity contribution in [3.63, 3.8) is 0 Å². The van der Waals surface area contributed by atoms with E-state index in [1.165, 1.54) is 0 Å². The van der Waals surface area contributed by atoms with Crippen molar-refractivity contribution in [2.75, 3.05) is 20.3 Å². The number of nitrogens with one attached hydrogen (secondary N) is 1. The topological polar surface area (TPSA) is 58.6 Å². The van der Waals surface area contributed by atoms with Crippen molar-refractivity contribution in [1.82, 2.24) is 5.32 Å². The van der Waals surface area contributed by atoms with Gasteiger partial charge >= 0.3 is 0 Å². The van der Waals surface area contributed by atoms with Gasteiger partial charge in [0.2, 0.25) is 5.91 Å². The summed E-state index contributed by atoms with van der Waals surface area (Å²) in [5, 5.41) is 12.9. The molecule has 0 aliphatic heterocycles. The molecule has 0 bridgehead atoms. The maximum atomic E-state index is 11.6. The number of ether oxygens (including phenoxy) is 1. The van der Waals surface area contributed by atoms with Crippen LogP contribution in [-0.2, 0) is 15.1 Å². The summed E-state index contributed by atoms with van der Waals surface area (Å²) in [7, 11) is 1.58. The number of carbonyl (C=O) groups excluding carboxylic acids is 1. The molecule has 0 aromatic heterocycles.